The maximum absolute atomic E-state index is 6.29. The predicted molar refractivity (Wildman–Crippen MR) is 77.1 cm³/mol. The first-order valence-corrected chi connectivity index (χ1v) is 7.20. The third kappa shape index (κ3) is 3.07. The molecule has 1 aromatic heterocycles. The fraction of sp³-hybridized carbons (Fsp3) is 0.385. The van der Waals surface area contributed by atoms with Crippen LogP contribution in [0.5, 0.6) is 0 Å². The molecular weight excluding hydrogens is 266 g/mol. The summed E-state index contributed by atoms with van der Waals surface area (Å²) in [6.07, 6.45) is 1.12. The van der Waals surface area contributed by atoms with Crippen LogP contribution in [-0.2, 0) is 6.54 Å². The zero-order valence-corrected chi connectivity index (χ0v) is 12.1. The van der Waals surface area contributed by atoms with E-state index in [4.69, 9.17) is 11.6 Å². The molecular formula is C13H16ClN3S. The summed E-state index contributed by atoms with van der Waals surface area (Å²) in [5.41, 5.74) is 2.03. The summed E-state index contributed by atoms with van der Waals surface area (Å²) in [5.74, 6) is 0. The second kappa shape index (κ2) is 6.27. The monoisotopic (exact) mass is 281 g/mol. The molecule has 0 radical (unpaired) electrons. The summed E-state index contributed by atoms with van der Waals surface area (Å²) < 4.78 is 0. The minimum Gasteiger partial charge on any atom is -0.310 e. The lowest BCUT2D eigenvalue weighted by molar-refractivity contribution is 0.668. The standard InChI is InChI=1S/C13H16ClN3S/c1-3-7-15-8-11-16-17-13(18-11)10-6-4-5-9(2)12(10)14/h4-6,15H,3,7-8H2,1-2H3. The summed E-state index contributed by atoms with van der Waals surface area (Å²) in [5, 5.41) is 14.4. The number of aryl methyl sites for hydroxylation is 1. The molecule has 2 aromatic rings. The predicted octanol–water partition coefficient (Wildman–Crippen LogP) is 3.67. The van der Waals surface area contributed by atoms with E-state index in [1.807, 2.05) is 25.1 Å². The van der Waals surface area contributed by atoms with Crippen LogP contribution in [0.15, 0.2) is 18.2 Å². The molecule has 5 heteroatoms. The van der Waals surface area contributed by atoms with Crippen molar-refractivity contribution in [3.8, 4) is 10.6 Å². The Balaban J connectivity index is 2.16. The number of hydrogen-bond acceptors (Lipinski definition) is 4. The van der Waals surface area contributed by atoms with Crippen LogP contribution >= 0.6 is 22.9 Å². The van der Waals surface area contributed by atoms with Gasteiger partial charge < -0.3 is 5.32 Å². The van der Waals surface area contributed by atoms with Gasteiger partial charge in [-0.05, 0) is 25.5 Å². The topological polar surface area (TPSA) is 37.8 Å². The molecule has 0 spiro atoms. The van der Waals surface area contributed by atoms with Gasteiger partial charge in [0.2, 0.25) is 0 Å². The van der Waals surface area contributed by atoms with E-state index in [0.29, 0.717) is 0 Å². The van der Waals surface area contributed by atoms with Crippen LogP contribution in [0, 0.1) is 6.92 Å². The maximum atomic E-state index is 6.29. The first-order chi connectivity index (χ1) is 8.72. The Morgan fingerprint density at radius 1 is 1.33 bits per heavy atom. The number of halogens is 1. The third-order valence-electron chi connectivity index (χ3n) is 2.59. The molecule has 3 nitrogen and oxygen atoms in total. The van der Waals surface area contributed by atoms with Crippen LogP contribution in [0.4, 0.5) is 0 Å². The largest absolute Gasteiger partial charge is 0.310 e. The molecule has 0 atom stereocenters. The molecule has 0 aliphatic heterocycles. The zero-order valence-electron chi connectivity index (χ0n) is 10.5. The summed E-state index contributed by atoms with van der Waals surface area (Å²) in [7, 11) is 0. The van der Waals surface area contributed by atoms with Crippen LogP contribution in [0.1, 0.15) is 23.9 Å². The smallest absolute Gasteiger partial charge is 0.149 e. The van der Waals surface area contributed by atoms with E-state index in [9.17, 15) is 0 Å². The summed E-state index contributed by atoms with van der Waals surface area (Å²) in [6.45, 7) is 5.91. The number of nitrogens with zero attached hydrogens (tertiary/aromatic N) is 2. The van der Waals surface area contributed by atoms with Crippen molar-refractivity contribution in [1.82, 2.24) is 15.5 Å². The third-order valence-corrected chi connectivity index (χ3v) is 4.05. The van der Waals surface area contributed by atoms with Crippen LogP contribution in [-0.4, -0.2) is 16.7 Å². The molecule has 0 fully saturated rings. The van der Waals surface area contributed by atoms with Gasteiger partial charge in [-0.25, -0.2) is 0 Å². The van der Waals surface area contributed by atoms with Crippen molar-refractivity contribution in [2.24, 2.45) is 0 Å². The van der Waals surface area contributed by atoms with Crippen molar-refractivity contribution in [2.45, 2.75) is 26.8 Å². The van der Waals surface area contributed by atoms with E-state index in [0.717, 1.165) is 45.7 Å². The highest BCUT2D eigenvalue weighted by molar-refractivity contribution is 7.14. The second-order valence-electron chi connectivity index (χ2n) is 4.11. The molecule has 96 valence electrons. The van der Waals surface area contributed by atoms with Gasteiger partial charge in [0.25, 0.3) is 0 Å². The van der Waals surface area contributed by atoms with Gasteiger partial charge >= 0.3 is 0 Å². The number of hydrogen-bond donors (Lipinski definition) is 1. The maximum Gasteiger partial charge on any atom is 0.149 e. The van der Waals surface area contributed by atoms with Gasteiger partial charge in [-0.3, -0.25) is 0 Å². The summed E-state index contributed by atoms with van der Waals surface area (Å²) >= 11 is 7.88. The highest BCUT2D eigenvalue weighted by atomic mass is 35.5. The summed E-state index contributed by atoms with van der Waals surface area (Å²) in [4.78, 5) is 0. The highest BCUT2D eigenvalue weighted by Crippen LogP contribution is 2.32. The molecule has 0 amide bonds. The Labute approximate surface area is 116 Å². The van der Waals surface area contributed by atoms with E-state index in [1.165, 1.54) is 0 Å². The normalized spacial score (nSPS) is 10.8. The van der Waals surface area contributed by atoms with Crippen molar-refractivity contribution < 1.29 is 0 Å². The molecule has 0 saturated heterocycles. The van der Waals surface area contributed by atoms with Crippen LogP contribution in [0.3, 0.4) is 0 Å². The van der Waals surface area contributed by atoms with Crippen molar-refractivity contribution in [3.63, 3.8) is 0 Å². The number of aromatic nitrogens is 2. The first-order valence-electron chi connectivity index (χ1n) is 6.01. The first kappa shape index (κ1) is 13.5. The van der Waals surface area contributed by atoms with E-state index in [1.54, 1.807) is 11.3 Å². The van der Waals surface area contributed by atoms with Crippen LogP contribution in [0.2, 0.25) is 5.02 Å². The molecule has 1 aromatic carbocycles. The molecule has 1 heterocycles. The molecule has 0 bridgehead atoms. The Kier molecular flexibility index (Phi) is 4.69. The molecule has 1 N–H and O–H groups in total. The second-order valence-corrected chi connectivity index (χ2v) is 5.55. The van der Waals surface area contributed by atoms with Gasteiger partial charge in [0.1, 0.15) is 10.0 Å². The molecule has 18 heavy (non-hydrogen) atoms. The average molecular weight is 282 g/mol. The van der Waals surface area contributed by atoms with Gasteiger partial charge in [-0.15, -0.1) is 10.2 Å². The number of rotatable bonds is 5. The van der Waals surface area contributed by atoms with Crippen LogP contribution in [0.25, 0.3) is 10.6 Å². The lowest BCUT2D eigenvalue weighted by atomic mass is 10.1. The zero-order chi connectivity index (χ0) is 13.0. The molecule has 0 saturated carbocycles. The van der Waals surface area contributed by atoms with Crippen molar-refractivity contribution in [2.75, 3.05) is 6.54 Å². The highest BCUT2D eigenvalue weighted by Gasteiger charge is 2.10. The van der Waals surface area contributed by atoms with Gasteiger partial charge in [0, 0.05) is 12.1 Å². The van der Waals surface area contributed by atoms with Gasteiger partial charge in [0.15, 0.2) is 0 Å². The Hall–Kier alpha value is -0.970. The Bertz CT molecular complexity index is 525. The fourth-order valence-corrected chi connectivity index (χ4v) is 2.73. The lowest BCUT2D eigenvalue weighted by Crippen LogP contribution is -2.13. The Morgan fingerprint density at radius 2 is 2.17 bits per heavy atom. The van der Waals surface area contributed by atoms with Crippen molar-refractivity contribution in [1.29, 1.82) is 0 Å². The van der Waals surface area contributed by atoms with E-state index in [-0.39, 0.29) is 0 Å². The molecule has 0 aliphatic rings. The van der Waals surface area contributed by atoms with Crippen LogP contribution < -0.4 is 5.32 Å². The Morgan fingerprint density at radius 3 is 2.94 bits per heavy atom. The SMILES string of the molecule is CCCNCc1nnc(-c2cccc(C)c2Cl)s1. The van der Waals surface area contributed by atoms with Crippen molar-refractivity contribution >= 4 is 22.9 Å². The lowest BCUT2D eigenvalue weighted by Gasteiger charge is -2.02. The number of benzene rings is 1. The minimum absolute atomic E-state index is 0.765. The molecule has 2 rings (SSSR count). The molecule has 0 aliphatic carbocycles. The molecule has 0 unspecified atom stereocenters. The van der Waals surface area contributed by atoms with E-state index >= 15 is 0 Å². The van der Waals surface area contributed by atoms with Gasteiger partial charge in [-0.2, -0.15) is 0 Å². The van der Waals surface area contributed by atoms with Crippen molar-refractivity contribution in [3.05, 3.63) is 33.8 Å². The quantitative estimate of drug-likeness (QED) is 0.850. The average Bonchev–Trinajstić information content (AvgIpc) is 2.82. The fourth-order valence-electron chi connectivity index (χ4n) is 1.62. The number of nitrogens with one attached hydrogen (secondary N) is 1. The minimum atomic E-state index is 0.765. The van der Waals surface area contributed by atoms with E-state index < -0.39 is 0 Å². The van der Waals surface area contributed by atoms with E-state index in [2.05, 4.69) is 22.4 Å². The van der Waals surface area contributed by atoms with Gasteiger partial charge in [-0.1, -0.05) is 48.1 Å². The summed E-state index contributed by atoms with van der Waals surface area (Å²) in [6, 6.07) is 5.97. The van der Waals surface area contributed by atoms with Gasteiger partial charge in [0.05, 0.1) is 5.02 Å².